The van der Waals surface area contributed by atoms with Crippen LogP contribution < -0.4 is 0 Å². The van der Waals surface area contributed by atoms with Crippen molar-refractivity contribution in [3.63, 3.8) is 0 Å². The summed E-state index contributed by atoms with van der Waals surface area (Å²) >= 11 is 0. The number of hydrogen-bond acceptors (Lipinski definition) is 0. The Morgan fingerprint density at radius 3 is 0.750 bits per heavy atom. The zero-order chi connectivity index (χ0) is 0. The molecule has 0 aliphatic heterocycles. The minimum Gasteiger partial charge on any atom is -2.00 e. The minimum absolute atomic E-state index is 0. The predicted molar refractivity (Wildman–Crippen MR) is 13.1 cm³/mol. The van der Waals surface area contributed by atoms with Gasteiger partial charge in [-0.2, -0.15) is 0 Å². The van der Waals surface area contributed by atoms with E-state index in [1.54, 1.807) is 0 Å². The Morgan fingerprint density at radius 2 is 0.750 bits per heavy atom. The zero-order valence-electron chi connectivity index (χ0n) is 1.57. The van der Waals surface area contributed by atoms with Crippen LogP contribution in [-0.2, 0) is 47.6 Å². The smallest absolute Gasteiger partial charge is 2.00 e. The fourth-order valence-electron chi connectivity index (χ4n) is 0. The maximum absolute atomic E-state index is 0. The molecule has 0 fully saturated rings. The molecule has 0 saturated carbocycles. The number of hydrogen-bond donors (Lipinski definition) is 0. The molecule has 0 spiro atoms. The van der Waals surface area contributed by atoms with Crippen molar-refractivity contribution in [3.05, 3.63) is 0 Å². The normalized spacial score (nSPS) is 0. The van der Waals surface area contributed by atoms with Crippen LogP contribution in [-0.4, -0.2) is 17.1 Å². The fraction of sp³-hybridized carbons (Fsp3) is 0. The van der Waals surface area contributed by atoms with Gasteiger partial charge in [-0.3, -0.25) is 0 Å². The van der Waals surface area contributed by atoms with E-state index in [-0.39, 0.29) is 64.7 Å². The molecule has 0 saturated heterocycles. The second-order valence-electron chi connectivity index (χ2n) is 0. The van der Waals surface area contributed by atoms with Gasteiger partial charge in [-0.15, -0.1) is 0 Å². The van der Waals surface area contributed by atoms with E-state index < -0.39 is 0 Å². The molecule has 2 radical (unpaired) electrons. The van der Waals surface area contributed by atoms with Crippen molar-refractivity contribution >= 4 is 30.6 Å². The van der Waals surface area contributed by atoms with Gasteiger partial charge in [-0.05, 0) is 0 Å². The maximum atomic E-state index is 0. The summed E-state index contributed by atoms with van der Waals surface area (Å²) in [6, 6.07) is 0. The van der Waals surface area contributed by atoms with Crippen molar-refractivity contribution in [1.29, 1.82) is 0 Å². The van der Waals surface area contributed by atoms with Crippen LogP contribution in [0.1, 0.15) is 0 Å². The van der Waals surface area contributed by atoms with Crippen LogP contribution in [0.2, 0.25) is 0 Å². The third kappa shape index (κ3) is 9.08. The Morgan fingerprint density at radius 1 is 0.750 bits per heavy atom. The Balaban J connectivity index is 0. The monoisotopic (exact) mass is 222 g/mol. The SMILES string of the molecule is [Mn+2].[Mn+2].[S-2].[Se-2]. The average molecular weight is 221 g/mol. The van der Waals surface area contributed by atoms with E-state index in [2.05, 4.69) is 0 Å². The predicted octanol–water partition coefficient (Wildman–Crippen LogP) is -0.388. The number of rotatable bonds is 0. The maximum Gasteiger partial charge on any atom is 2.00 e. The molecule has 0 aliphatic rings. The quantitative estimate of drug-likeness (QED) is 0.488. The molecular formula is Mn2SSe. The molecule has 0 aromatic carbocycles. The van der Waals surface area contributed by atoms with Gasteiger partial charge in [0.05, 0.1) is 0 Å². The van der Waals surface area contributed by atoms with Gasteiger partial charge < -0.3 is 30.6 Å². The third-order valence-electron chi connectivity index (χ3n) is 0. The third-order valence-corrected chi connectivity index (χ3v) is 0. The Labute approximate surface area is 64.3 Å². The summed E-state index contributed by atoms with van der Waals surface area (Å²) < 4.78 is 0. The molecule has 0 aromatic rings. The van der Waals surface area contributed by atoms with Gasteiger partial charge in [0.25, 0.3) is 0 Å². The molecule has 0 aliphatic carbocycles. The molecule has 4 heteroatoms. The second-order valence-corrected chi connectivity index (χ2v) is 0. The van der Waals surface area contributed by atoms with E-state index in [0.29, 0.717) is 0 Å². The molecule has 0 amide bonds. The summed E-state index contributed by atoms with van der Waals surface area (Å²) in [5.41, 5.74) is 0. The van der Waals surface area contributed by atoms with Crippen molar-refractivity contribution in [2.75, 3.05) is 0 Å². The molecule has 4 heavy (non-hydrogen) atoms. The Kier molecular flexibility index (Phi) is 201. The average Bonchev–Trinajstić information content (AvgIpc) is 0. The van der Waals surface area contributed by atoms with Crippen molar-refractivity contribution in [2.45, 2.75) is 0 Å². The molecule has 0 aromatic heterocycles. The summed E-state index contributed by atoms with van der Waals surface area (Å²) in [5.74, 6) is 0. The summed E-state index contributed by atoms with van der Waals surface area (Å²) in [6.45, 7) is 0. The van der Waals surface area contributed by atoms with Gasteiger partial charge in [0, 0.05) is 0 Å². The fourth-order valence-corrected chi connectivity index (χ4v) is 0. The first-order valence-electron chi connectivity index (χ1n) is 0. The zero-order valence-corrected chi connectivity index (χ0v) is 6.46. The topological polar surface area (TPSA) is 0 Å². The second kappa shape index (κ2) is 20.6. The Hall–Kier alpha value is 1.91. The molecule has 0 atom stereocenters. The van der Waals surface area contributed by atoms with Crippen LogP contribution >= 0.6 is 0 Å². The first kappa shape index (κ1) is 39.1. The van der Waals surface area contributed by atoms with E-state index in [9.17, 15) is 0 Å². The van der Waals surface area contributed by atoms with Crippen molar-refractivity contribution in [1.82, 2.24) is 0 Å². The molecule has 0 bridgehead atoms. The van der Waals surface area contributed by atoms with Gasteiger partial charge in [0.2, 0.25) is 0 Å². The molecule has 26 valence electrons. The molecule has 0 nitrogen and oxygen atoms in total. The van der Waals surface area contributed by atoms with Gasteiger partial charge in [0.15, 0.2) is 0 Å². The Bertz CT molecular complexity index is 6.00. The summed E-state index contributed by atoms with van der Waals surface area (Å²) in [5, 5.41) is 0. The van der Waals surface area contributed by atoms with E-state index in [4.69, 9.17) is 0 Å². The van der Waals surface area contributed by atoms with Crippen LogP contribution in [0.3, 0.4) is 0 Å². The van der Waals surface area contributed by atoms with Gasteiger partial charge in [-0.25, -0.2) is 0 Å². The molecule has 0 heterocycles. The van der Waals surface area contributed by atoms with E-state index in [1.165, 1.54) is 0 Å². The minimum atomic E-state index is 0. The van der Waals surface area contributed by atoms with Gasteiger partial charge in [-0.1, -0.05) is 0 Å². The van der Waals surface area contributed by atoms with Crippen molar-refractivity contribution in [2.24, 2.45) is 0 Å². The van der Waals surface area contributed by atoms with Crippen LogP contribution in [0.15, 0.2) is 0 Å². The molecule has 0 unspecified atom stereocenters. The largest absolute Gasteiger partial charge is 2.00 e. The van der Waals surface area contributed by atoms with E-state index in [1.807, 2.05) is 0 Å². The van der Waals surface area contributed by atoms with Crippen LogP contribution in [0.4, 0.5) is 0 Å². The molecular weight excluding hydrogens is 221 g/mol. The summed E-state index contributed by atoms with van der Waals surface area (Å²) in [7, 11) is 0. The van der Waals surface area contributed by atoms with Crippen LogP contribution in [0.5, 0.6) is 0 Å². The summed E-state index contributed by atoms with van der Waals surface area (Å²) in [6.07, 6.45) is 0. The summed E-state index contributed by atoms with van der Waals surface area (Å²) in [4.78, 5) is 0. The standard InChI is InChI=1S/2Mn.S.Se/q2*+2;2*-2. The first-order valence-corrected chi connectivity index (χ1v) is 0. The molecule has 0 N–H and O–H groups in total. The van der Waals surface area contributed by atoms with Crippen molar-refractivity contribution in [3.8, 4) is 0 Å². The van der Waals surface area contributed by atoms with Crippen LogP contribution in [0, 0.1) is 0 Å². The molecule has 0 rings (SSSR count). The van der Waals surface area contributed by atoms with E-state index >= 15 is 0 Å². The van der Waals surface area contributed by atoms with Crippen molar-refractivity contribution < 1.29 is 34.1 Å². The van der Waals surface area contributed by atoms with E-state index in [0.717, 1.165) is 0 Å². The first-order chi connectivity index (χ1) is 0. The van der Waals surface area contributed by atoms with Gasteiger partial charge in [0.1, 0.15) is 0 Å². The van der Waals surface area contributed by atoms with Crippen LogP contribution in [0.25, 0.3) is 0 Å². The van der Waals surface area contributed by atoms with Gasteiger partial charge >= 0.3 is 34.1 Å².